The van der Waals surface area contributed by atoms with Crippen molar-refractivity contribution >= 4 is 5.97 Å². The molecule has 0 saturated heterocycles. The maximum Gasteiger partial charge on any atom is 0.303 e. The number of ether oxygens (including phenoxy) is 2. The fourth-order valence-corrected chi connectivity index (χ4v) is 2.18. The third-order valence-electron chi connectivity index (χ3n) is 2.92. The second-order valence-electron chi connectivity index (χ2n) is 4.06. The van der Waals surface area contributed by atoms with Crippen LogP contribution in [0.3, 0.4) is 0 Å². The zero-order valence-corrected chi connectivity index (χ0v) is 9.66. The summed E-state index contributed by atoms with van der Waals surface area (Å²) >= 11 is 0. The lowest BCUT2D eigenvalue weighted by Gasteiger charge is -2.25. The highest BCUT2D eigenvalue weighted by atomic mass is 16.5. The van der Waals surface area contributed by atoms with Crippen molar-refractivity contribution in [3.63, 3.8) is 0 Å². The van der Waals surface area contributed by atoms with E-state index < -0.39 is 0 Å². The Morgan fingerprint density at radius 3 is 2.94 bits per heavy atom. The largest absolute Gasteiger partial charge is 0.497 e. The number of benzene rings is 1. The van der Waals surface area contributed by atoms with Gasteiger partial charge in [-0.05, 0) is 42.5 Å². The number of carbonyl (C=O) groups excluding carboxylic acids is 1. The van der Waals surface area contributed by atoms with E-state index in [-0.39, 0.29) is 12.1 Å². The minimum atomic E-state index is -0.222. The number of fused-ring (bicyclic) bond motifs is 1. The van der Waals surface area contributed by atoms with Crippen LogP contribution in [0.15, 0.2) is 18.2 Å². The van der Waals surface area contributed by atoms with Gasteiger partial charge in [-0.3, -0.25) is 4.79 Å². The zero-order chi connectivity index (χ0) is 11.5. The van der Waals surface area contributed by atoms with Gasteiger partial charge in [0, 0.05) is 6.92 Å². The molecule has 2 rings (SSSR count). The Kier molecular flexibility index (Phi) is 3.13. The van der Waals surface area contributed by atoms with E-state index in [1.54, 1.807) is 7.11 Å². The summed E-state index contributed by atoms with van der Waals surface area (Å²) in [5, 5.41) is 0. The Balaban J connectivity index is 2.31. The summed E-state index contributed by atoms with van der Waals surface area (Å²) < 4.78 is 10.5. The molecule has 0 aliphatic heterocycles. The van der Waals surface area contributed by atoms with Crippen molar-refractivity contribution in [3.8, 4) is 5.75 Å². The number of hydrogen-bond donors (Lipinski definition) is 0. The highest BCUT2D eigenvalue weighted by Gasteiger charge is 2.22. The molecule has 3 nitrogen and oxygen atoms in total. The third kappa shape index (κ3) is 2.18. The summed E-state index contributed by atoms with van der Waals surface area (Å²) in [6.45, 7) is 1.45. The lowest BCUT2D eigenvalue weighted by atomic mass is 9.89. The Bertz CT molecular complexity index is 398. The van der Waals surface area contributed by atoms with Crippen LogP contribution < -0.4 is 4.74 Å². The lowest BCUT2D eigenvalue weighted by molar-refractivity contribution is -0.147. The van der Waals surface area contributed by atoms with Gasteiger partial charge in [-0.15, -0.1) is 0 Å². The van der Waals surface area contributed by atoms with E-state index in [2.05, 4.69) is 6.07 Å². The van der Waals surface area contributed by atoms with Gasteiger partial charge in [0.2, 0.25) is 0 Å². The summed E-state index contributed by atoms with van der Waals surface area (Å²) in [6.07, 6.45) is 2.92. The summed E-state index contributed by atoms with van der Waals surface area (Å²) in [4.78, 5) is 11.0. The van der Waals surface area contributed by atoms with E-state index in [0.717, 1.165) is 30.6 Å². The van der Waals surface area contributed by atoms with Gasteiger partial charge in [-0.2, -0.15) is 0 Å². The summed E-state index contributed by atoms with van der Waals surface area (Å²) in [5.74, 6) is 0.596. The van der Waals surface area contributed by atoms with Crippen LogP contribution in [0.4, 0.5) is 0 Å². The van der Waals surface area contributed by atoms with E-state index >= 15 is 0 Å². The van der Waals surface area contributed by atoms with Gasteiger partial charge >= 0.3 is 5.97 Å². The molecular weight excluding hydrogens is 204 g/mol. The monoisotopic (exact) mass is 220 g/mol. The number of esters is 1. The topological polar surface area (TPSA) is 35.5 Å². The molecular formula is C13H16O3. The molecule has 0 radical (unpaired) electrons. The molecule has 0 fully saturated rings. The maximum absolute atomic E-state index is 11.0. The van der Waals surface area contributed by atoms with Gasteiger partial charge in [0.25, 0.3) is 0 Å². The molecule has 0 spiro atoms. The van der Waals surface area contributed by atoms with Gasteiger partial charge in [0.05, 0.1) is 7.11 Å². The van der Waals surface area contributed by atoms with Gasteiger partial charge in [-0.25, -0.2) is 0 Å². The SMILES string of the molecule is COc1ccc2c(c1)[C@H](OC(C)=O)CCC2. The molecule has 0 heterocycles. The molecule has 0 bridgehead atoms. The third-order valence-corrected chi connectivity index (χ3v) is 2.92. The van der Waals surface area contributed by atoms with Crippen molar-refractivity contribution in [2.24, 2.45) is 0 Å². The molecule has 16 heavy (non-hydrogen) atoms. The van der Waals surface area contributed by atoms with Gasteiger partial charge in [0.1, 0.15) is 11.9 Å². The maximum atomic E-state index is 11.0. The molecule has 0 unspecified atom stereocenters. The number of rotatable bonds is 2. The molecule has 1 aromatic rings. The molecule has 0 amide bonds. The molecule has 1 aliphatic rings. The van der Waals surface area contributed by atoms with E-state index in [0.29, 0.717) is 0 Å². The minimum Gasteiger partial charge on any atom is -0.497 e. The summed E-state index contributed by atoms with van der Waals surface area (Å²) in [7, 11) is 1.64. The fourth-order valence-electron chi connectivity index (χ4n) is 2.18. The standard InChI is InChI=1S/C13H16O3/c1-9(14)16-13-5-3-4-10-6-7-11(15-2)8-12(10)13/h6-8,13H,3-5H2,1-2H3/t13-/m1/s1. The first-order valence-corrected chi connectivity index (χ1v) is 5.54. The van der Waals surface area contributed by atoms with Crippen LogP contribution in [-0.4, -0.2) is 13.1 Å². The van der Waals surface area contributed by atoms with Crippen molar-refractivity contribution in [2.45, 2.75) is 32.3 Å². The quantitative estimate of drug-likeness (QED) is 0.719. The predicted molar refractivity (Wildman–Crippen MR) is 60.4 cm³/mol. The van der Waals surface area contributed by atoms with Gasteiger partial charge in [-0.1, -0.05) is 6.07 Å². The first kappa shape index (κ1) is 11.0. The Morgan fingerprint density at radius 2 is 2.25 bits per heavy atom. The molecule has 0 N–H and O–H groups in total. The van der Waals surface area contributed by atoms with E-state index in [4.69, 9.17) is 9.47 Å². The Morgan fingerprint density at radius 1 is 1.44 bits per heavy atom. The van der Waals surface area contributed by atoms with Crippen LogP contribution in [0, 0.1) is 0 Å². The number of carbonyl (C=O) groups is 1. The van der Waals surface area contributed by atoms with Crippen molar-refractivity contribution < 1.29 is 14.3 Å². The van der Waals surface area contributed by atoms with Gasteiger partial charge in [0.15, 0.2) is 0 Å². The Hall–Kier alpha value is -1.51. The van der Waals surface area contributed by atoms with E-state index in [9.17, 15) is 4.79 Å². The van der Waals surface area contributed by atoms with Crippen LogP contribution in [0.1, 0.15) is 37.0 Å². The molecule has 0 aromatic heterocycles. The van der Waals surface area contributed by atoms with Crippen LogP contribution in [0.5, 0.6) is 5.75 Å². The minimum absolute atomic E-state index is 0.101. The first-order valence-electron chi connectivity index (χ1n) is 5.54. The Labute approximate surface area is 95.4 Å². The molecule has 86 valence electrons. The van der Waals surface area contributed by atoms with Crippen LogP contribution >= 0.6 is 0 Å². The van der Waals surface area contributed by atoms with E-state index in [1.807, 2.05) is 12.1 Å². The zero-order valence-electron chi connectivity index (χ0n) is 9.66. The molecule has 1 aromatic carbocycles. The van der Waals surface area contributed by atoms with Crippen LogP contribution in [0.25, 0.3) is 0 Å². The lowest BCUT2D eigenvalue weighted by Crippen LogP contribution is -2.15. The summed E-state index contributed by atoms with van der Waals surface area (Å²) in [5.41, 5.74) is 2.36. The predicted octanol–water partition coefficient (Wildman–Crippen LogP) is 2.64. The average molecular weight is 220 g/mol. The van der Waals surface area contributed by atoms with Crippen molar-refractivity contribution in [1.82, 2.24) is 0 Å². The second kappa shape index (κ2) is 4.56. The highest BCUT2D eigenvalue weighted by molar-refractivity contribution is 5.66. The molecule has 1 aliphatic carbocycles. The van der Waals surface area contributed by atoms with Crippen LogP contribution in [0.2, 0.25) is 0 Å². The molecule has 3 heteroatoms. The number of hydrogen-bond acceptors (Lipinski definition) is 3. The second-order valence-corrected chi connectivity index (χ2v) is 4.06. The smallest absolute Gasteiger partial charge is 0.303 e. The highest BCUT2D eigenvalue weighted by Crippen LogP contribution is 2.34. The van der Waals surface area contributed by atoms with Gasteiger partial charge < -0.3 is 9.47 Å². The average Bonchev–Trinajstić information content (AvgIpc) is 2.28. The molecule has 0 saturated carbocycles. The first-order chi connectivity index (χ1) is 7.70. The summed E-state index contributed by atoms with van der Waals surface area (Å²) in [6, 6.07) is 5.99. The molecule has 1 atom stereocenters. The normalized spacial score (nSPS) is 18.8. The van der Waals surface area contributed by atoms with Crippen molar-refractivity contribution in [1.29, 1.82) is 0 Å². The van der Waals surface area contributed by atoms with Crippen LogP contribution in [-0.2, 0) is 16.0 Å². The van der Waals surface area contributed by atoms with Crippen molar-refractivity contribution in [3.05, 3.63) is 29.3 Å². The van der Waals surface area contributed by atoms with Crippen molar-refractivity contribution in [2.75, 3.05) is 7.11 Å². The fraction of sp³-hybridized carbons (Fsp3) is 0.462. The number of methoxy groups -OCH3 is 1. The van der Waals surface area contributed by atoms with E-state index in [1.165, 1.54) is 12.5 Å². The number of aryl methyl sites for hydroxylation is 1.